The number of anilines is 1. The van der Waals surface area contributed by atoms with Gasteiger partial charge in [0.2, 0.25) is 12.7 Å². The average Bonchev–Trinajstić information content (AvgIpc) is 3.42. The fraction of sp³-hybridized carbons (Fsp3) is 0.0909. The molecule has 3 aromatic rings. The Bertz CT molecular complexity index is 1060. The van der Waals surface area contributed by atoms with E-state index in [-0.39, 0.29) is 18.6 Å². The number of ether oxygens (including phenoxy) is 2. The van der Waals surface area contributed by atoms with E-state index in [9.17, 15) is 9.59 Å². The van der Waals surface area contributed by atoms with Gasteiger partial charge in [-0.3, -0.25) is 9.59 Å². The van der Waals surface area contributed by atoms with Crippen molar-refractivity contribution < 1.29 is 19.1 Å². The largest absolute Gasteiger partial charge is 0.454 e. The van der Waals surface area contributed by atoms with Gasteiger partial charge in [0.15, 0.2) is 11.5 Å². The molecule has 1 aromatic heterocycles. The van der Waals surface area contributed by atoms with Crippen molar-refractivity contribution >= 4 is 34.9 Å². The van der Waals surface area contributed by atoms with Crippen LogP contribution in [0.25, 0.3) is 6.08 Å². The number of carbonyl (C=O) groups is 2. The zero-order valence-electron chi connectivity index (χ0n) is 15.4. The van der Waals surface area contributed by atoms with Crippen LogP contribution in [0, 0.1) is 0 Å². The Morgan fingerprint density at radius 3 is 2.76 bits per heavy atom. The lowest BCUT2D eigenvalue weighted by atomic mass is 10.1. The third-order valence-corrected chi connectivity index (χ3v) is 5.10. The smallest absolute Gasteiger partial charge is 0.253 e. The van der Waals surface area contributed by atoms with E-state index in [1.807, 2.05) is 35.7 Å². The summed E-state index contributed by atoms with van der Waals surface area (Å²) in [6, 6.07) is 16.3. The Labute approximate surface area is 171 Å². The number of amides is 2. The predicted molar refractivity (Wildman–Crippen MR) is 112 cm³/mol. The van der Waals surface area contributed by atoms with Crippen LogP contribution in [-0.4, -0.2) is 18.6 Å². The molecular formula is C22H18N2O4S. The average molecular weight is 406 g/mol. The third-order valence-electron chi connectivity index (χ3n) is 4.26. The molecule has 0 aliphatic carbocycles. The van der Waals surface area contributed by atoms with Crippen molar-refractivity contribution in [2.45, 2.75) is 6.54 Å². The van der Waals surface area contributed by atoms with Gasteiger partial charge in [0.1, 0.15) is 0 Å². The maximum absolute atomic E-state index is 12.7. The molecule has 0 unspecified atom stereocenters. The number of nitrogens with one attached hydrogen (secondary N) is 2. The Kier molecular flexibility index (Phi) is 5.58. The standard InChI is InChI=1S/C22H18N2O4S/c25-21(10-8-16-4-3-11-29-16)24-18-6-2-1-5-17(18)22(26)23-13-15-7-9-19-20(12-15)28-14-27-19/h1-12H,13-14H2,(H,23,26)(H,24,25). The number of hydrogen-bond acceptors (Lipinski definition) is 5. The van der Waals surface area contributed by atoms with E-state index in [0.29, 0.717) is 29.3 Å². The Hall–Kier alpha value is -3.58. The van der Waals surface area contributed by atoms with E-state index in [2.05, 4.69) is 10.6 Å². The summed E-state index contributed by atoms with van der Waals surface area (Å²) >= 11 is 1.54. The molecule has 0 spiro atoms. The van der Waals surface area contributed by atoms with Gasteiger partial charge in [-0.2, -0.15) is 0 Å². The van der Waals surface area contributed by atoms with E-state index in [0.717, 1.165) is 10.4 Å². The quantitative estimate of drug-likeness (QED) is 0.606. The van der Waals surface area contributed by atoms with Crippen LogP contribution in [0.3, 0.4) is 0 Å². The van der Waals surface area contributed by atoms with Crippen LogP contribution in [0.5, 0.6) is 11.5 Å². The summed E-state index contributed by atoms with van der Waals surface area (Å²) in [5.41, 5.74) is 1.74. The Balaban J connectivity index is 1.40. The van der Waals surface area contributed by atoms with E-state index in [1.54, 1.807) is 41.7 Å². The third kappa shape index (κ3) is 4.64. The van der Waals surface area contributed by atoms with Crippen molar-refractivity contribution in [2.24, 2.45) is 0 Å². The normalized spacial score (nSPS) is 12.1. The highest BCUT2D eigenvalue weighted by Crippen LogP contribution is 2.32. The van der Waals surface area contributed by atoms with Crippen LogP contribution in [0.2, 0.25) is 0 Å². The lowest BCUT2D eigenvalue weighted by Crippen LogP contribution is -2.24. The minimum atomic E-state index is -0.297. The second-order valence-electron chi connectivity index (χ2n) is 6.25. The number of carbonyl (C=O) groups excluding carboxylic acids is 2. The summed E-state index contributed by atoms with van der Waals surface area (Å²) in [5.74, 6) is 0.793. The number of fused-ring (bicyclic) bond motifs is 1. The first-order valence-electron chi connectivity index (χ1n) is 8.97. The first-order chi connectivity index (χ1) is 14.2. The molecule has 0 saturated carbocycles. The lowest BCUT2D eigenvalue weighted by molar-refractivity contribution is -0.111. The van der Waals surface area contributed by atoms with Gasteiger partial charge in [-0.25, -0.2) is 0 Å². The molecule has 0 atom stereocenters. The SMILES string of the molecule is O=C(C=Cc1cccs1)Nc1ccccc1C(=O)NCc1ccc2c(c1)OCO2. The molecule has 2 N–H and O–H groups in total. The predicted octanol–water partition coefficient (Wildman–Crippen LogP) is 4.06. The van der Waals surface area contributed by atoms with Gasteiger partial charge in [-0.05, 0) is 47.4 Å². The molecule has 6 nitrogen and oxygen atoms in total. The fourth-order valence-corrected chi connectivity index (χ4v) is 3.45. The highest BCUT2D eigenvalue weighted by Gasteiger charge is 2.15. The highest BCUT2D eigenvalue weighted by molar-refractivity contribution is 7.10. The summed E-state index contributed by atoms with van der Waals surface area (Å²) in [7, 11) is 0. The topological polar surface area (TPSA) is 76.7 Å². The van der Waals surface area contributed by atoms with E-state index < -0.39 is 0 Å². The lowest BCUT2D eigenvalue weighted by Gasteiger charge is -2.11. The van der Waals surface area contributed by atoms with Crippen molar-refractivity contribution in [1.82, 2.24) is 5.32 Å². The van der Waals surface area contributed by atoms with Crippen molar-refractivity contribution in [3.63, 3.8) is 0 Å². The molecule has 146 valence electrons. The van der Waals surface area contributed by atoms with Gasteiger partial charge in [0, 0.05) is 17.5 Å². The van der Waals surface area contributed by atoms with Gasteiger partial charge in [0.05, 0.1) is 11.3 Å². The Morgan fingerprint density at radius 2 is 1.90 bits per heavy atom. The molecule has 0 radical (unpaired) electrons. The maximum atomic E-state index is 12.7. The van der Waals surface area contributed by atoms with Crippen molar-refractivity contribution in [3.8, 4) is 11.5 Å². The second kappa shape index (κ2) is 8.62. The monoisotopic (exact) mass is 406 g/mol. The first kappa shape index (κ1) is 18.8. The number of rotatable bonds is 6. The summed E-state index contributed by atoms with van der Waals surface area (Å²) in [6.07, 6.45) is 3.19. The summed E-state index contributed by atoms with van der Waals surface area (Å²) in [5, 5.41) is 7.58. The van der Waals surface area contributed by atoms with Crippen LogP contribution in [-0.2, 0) is 11.3 Å². The number of thiophene rings is 1. The molecule has 4 rings (SSSR count). The highest BCUT2D eigenvalue weighted by atomic mass is 32.1. The maximum Gasteiger partial charge on any atom is 0.253 e. The van der Waals surface area contributed by atoms with E-state index in [1.165, 1.54) is 6.08 Å². The zero-order chi connectivity index (χ0) is 20.1. The molecule has 1 aliphatic heterocycles. The Morgan fingerprint density at radius 1 is 1.03 bits per heavy atom. The summed E-state index contributed by atoms with van der Waals surface area (Å²) in [4.78, 5) is 25.9. The van der Waals surface area contributed by atoms with E-state index >= 15 is 0 Å². The van der Waals surface area contributed by atoms with Crippen LogP contribution < -0.4 is 20.1 Å². The number of para-hydroxylation sites is 1. The van der Waals surface area contributed by atoms with Crippen molar-refractivity contribution in [3.05, 3.63) is 82.1 Å². The van der Waals surface area contributed by atoms with Crippen LogP contribution in [0.1, 0.15) is 20.8 Å². The minimum Gasteiger partial charge on any atom is -0.454 e. The fourth-order valence-electron chi connectivity index (χ4n) is 2.84. The van der Waals surface area contributed by atoms with Gasteiger partial charge >= 0.3 is 0 Å². The van der Waals surface area contributed by atoms with Crippen LogP contribution in [0.4, 0.5) is 5.69 Å². The van der Waals surface area contributed by atoms with Crippen LogP contribution in [0.15, 0.2) is 66.1 Å². The molecular weight excluding hydrogens is 388 g/mol. The van der Waals surface area contributed by atoms with E-state index in [4.69, 9.17) is 9.47 Å². The van der Waals surface area contributed by atoms with Gasteiger partial charge in [-0.15, -0.1) is 11.3 Å². The summed E-state index contributed by atoms with van der Waals surface area (Å²) < 4.78 is 10.6. The molecule has 0 fully saturated rings. The molecule has 0 bridgehead atoms. The molecule has 7 heteroatoms. The molecule has 0 saturated heterocycles. The van der Waals surface area contributed by atoms with Gasteiger partial charge in [0.25, 0.3) is 5.91 Å². The van der Waals surface area contributed by atoms with Gasteiger partial charge in [-0.1, -0.05) is 24.3 Å². The molecule has 2 heterocycles. The van der Waals surface area contributed by atoms with Crippen molar-refractivity contribution in [1.29, 1.82) is 0 Å². The van der Waals surface area contributed by atoms with Crippen molar-refractivity contribution in [2.75, 3.05) is 12.1 Å². The molecule has 29 heavy (non-hydrogen) atoms. The number of benzene rings is 2. The second-order valence-corrected chi connectivity index (χ2v) is 7.23. The summed E-state index contributed by atoms with van der Waals surface area (Å²) in [6.45, 7) is 0.537. The van der Waals surface area contributed by atoms with Gasteiger partial charge < -0.3 is 20.1 Å². The number of hydrogen-bond donors (Lipinski definition) is 2. The van der Waals surface area contributed by atoms with Crippen LogP contribution >= 0.6 is 11.3 Å². The molecule has 2 amide bonds. The minimum absolute atomic E-state index is 0.207. The molecule has 1 aliphatic rings. The molecule has 2 aromatic carbocycles. The zero-order valence-corrected chi connectivity index (χ0v) is 16.2. The first-order valence-corrected chi connectivity index (χ1v) is 9.85.